The van der Waals surface area contributed by atoms with Crippen LogP contribution in [0.3, 0.4) is 0 Å². The monoisotopic (exact) mass is 408 g/mol. The van der Waals surface area contributed by atoms with Gasteiger partial charge in [-0.3, -0.25) is 9.89 Å². The van der Waals surface area contributed by atoms with Gasteiger partial charge < -0.3 is 19.4 Å². The van der Waals surface area contributed by atoms with Gasteiger partial charge in [0.05, 0.1) is 6.10 Å². The maximum absolute atomic E-state index is 14.8. The van der Waals surface area contributed by atoms with Gasteiger partial charge in [-0.15, -0.1) is 0 Å². The number of carbonyl (C=O) groups is 1. The normalized spacial score (nSPS) is 33.4. The van der Waals surface area contributed by atoms with Gasteiger partial charge in [0.2, 0.25) is 0 Å². The lowest BCUT2D eigenvalue weighted by Crippen LogP contribution is -2.58. The summed E-state index contributed by atoms with van der Waals surface area (Å²) in [4.78, 5) is 16.1. The van der Waals surface area contributed by atoms with E-state index in [0.717, 1.165) is 16.7 Å². The van der Waals surface area contributed by atoms with Crippen LogP contribution in [0.25, 0.3) is 0 Å². The zero-order chi connectivity index (χ0) is 20.0. The van der Waals surface area contributed by atoms with E-state index in [4.69, 9.17) is 14.3 Å². The van der Waals surface area contributed by atoms with Crippen LogP contribution in [0.4, 0.5) is 9.18 Å². The van der Waals surface area contributed by atoms with Crippen LogP contribution in [0.15, 0.2) is 4.99 Å². The van der Waals surface area contributed by atoms with Crippen LogP contribution in [-0.2, 0) is 9.16 Å². The molecule has 1 saturated heterocycles. The van der Waals surface area contributed by atoms with Crippen LogP contribution in [0.1, 0.15) is 27.7 Å². The van der Waals surface area contributed by atoms with Gasteiger partial charge >= 0.3 is 6.09 Å². The molecule has 1 fully saturated rings. The fraction of sp³-hybridized carbons (Fsp3) is 0.875. The first-order valence-corrected chi connectivity index (χ1v) is 12.4. The van der Waals surface area contributed by atoms with Crippen molar-refractivity contribution in [3.05, 3.63) is 0 Å². The molecule has 0 aliphatic carbocycles. The minimum Gasteiger partial charge on any atom is -0.465 e. The predicted octanol–water partition coefficient (Wildman–Crippen LogP) is 2.90. The Morgan fingerprint density at radius 1 is 1.46 bits per heavy atom. The van der Waals surface area contributed by atoms with Gasteiger partial charge in [0, 0.05) is 7.05 Å². The van der Waals surface area contributed by atoms with Gasteiger partial charge in [-0.2, -0.15) is 0 Å². The van der Waals surface area contributed by atoms with Gasteiger partial charge in [-0.1, -0.05) is 32.5 Å². The zero-order valence-electron chi connectivity index (χ0n) is 16.3. The molecular weight excluding hydrogens is 379 g/mol. The molecule has 10 heteroatoms. The predicted molar refractivity (Wildman–Crippen MR) is 102 cm³/mol. The number of halogens is 1. The van der Waals surface area contributed by atoms with Gasteiger partial charge in [-0.25, -0.2) is 9.18 Å². The Kier molecular flexibility index (Phi) is 6.14. The van der Waals surface area contributed by atoms with E-state index >= 15 is 0 Å². The largest absolute Gasteiger partial charge is 0.465 e. The fourth-order valence-electron chi connectivity index (χ4n) is 2.68. The van der Waals surface area contributed by atoms with Crippen molar-refractivity contribution in [3.8, 4) is 0 Å². The van der Waals surface area contributed by atoms with E-state index in [1.54, 1.807) is 6.92 Å². The number of ether oxygens (including phenoxy) is 1. The Morgan fingerprint density at radius 2 is 2.04 bits per heavy atom. The molecule has 2 aliphatic heterocycles. The molecule has 0 spiro atoms. The molecule has 2 rings (SSSR count). The van der Waals surface area contributed by atoms with E-state index in [1.165, 1.54) is 7.05 Å². The molecule has 2 aliphatic rings. The maximum Gasteiger partial charge on any atom is 0.413 e. The smallest absolute Gasteiger partial charge is 0.413 e. The highest BCUT2D eigenvalue weighted by Crippen LogP contribution is 2.42. The van der Waals surface area contributed by atoms with E-state index in [-0.39, 0.29) is 10.2 Å². The average molecular weight is 409 g/mol. The number of amidine groups is 1. The summed E-state index contributed by atoms with van der Waals surface area (Å²) in [6.45, 7) is 12.3. The molecule has 0 saturated carbocycles. The number of fused-ring (bicyclic) bond motifs is 1. The fourth-order valence-corrected chi connectivity index (χ4v) is 5.26. The molecule has 0 unspecified atom stereocenters. The third-order valence-electron chi connectivity index (χ3n) is 5.36. The third kappa shape index (κ3) is 4.09. The molecule has 6 atom stereocenters. The summed E-state index contributed by atoms with van der Waals surface area (Å²) in [5.41, 5.74) is -0.680. The molecule has 0 bridgehead atoms. The van der Waals surface area contributed by atoms with Crippen LogP contribution < -0.4 is 0 Å². The van der Waals surface area contributed by atoms with Crippen molar-refractivity contribution in [2.45, 2.75) is 81.8 Å². The first-order valence-electron chi connectivity index (χ1n) is 8.63. The summed E-state index contributed by atoms with van der Waals surface area (Å²) in [6.07, 6.45) is -5.53. The van der Waals surface area contributed by atoms with E-state index < -0.39 is 50.4 Å². The van der Waals surface area contributed by atoms with Crippen LogP contribution in [0.2, 0.25) is 18.1 Å². The van der Waals surface area contributed by atoms with Crippen molar-refractivity contribution < 1.29 is 28.6 Å². The third-order valence-corrected chi connectivity index (χ3v) is 11.1. The molecule has 7 nitrogen and oxygen atoms in total. The minimum atomic E-state index is -2.12. The van der Waals surface area contributed by atoms with Crippen LogP contribution in [0.5, 0.6) is 0 Å². The number of nitrogens with zero attached hydrogens (tertiary/aromatic N) is 2. The Balaban J connectivity index is 2.13. The Labute approximate surface area is 159 Å². The van der Waals surface area contributed by atoms with Crippen molar-refractivity contribution >= 4 is 31.3 Å². The van der Waals surface area contributed by atoms with Gasteiger partial charge in [0.1, 0.15) is 23.7 Å². The molecule has 26 heavy (non-hydrogen) atoms. The summed E-state index contributed by atoms with van der Waals surface area (Å²) >= 11 is 1.06. The molecule has 0 aromatic heterocycles. The Hall–Kier alpha value is -0.683. The molecule has 0 aromatic rings. The van der Waals surface area contributed by atoms with Crippen LogP contribution >= 0.6 is 11.8 Å². The number of alkyl halides is 1. The summed E-state index contributed by atoms with van der Waals surface area (Å²) in [6, 6.07) is -0.928. The second-order valence-corrected chi connectivity index (χ2v) is 14.2. The molecule has 150 valence electrons. The average Bonchev–Trinajstić information content (AvgIpc) is 2.92. The number of hydrogen-bond donors (Lipinski definition) is 2. The first kappa shape index (κ1) is 21.6. The van der Waals surface area contributed by atoms with E-state index in [9.17, 15) is 14.3 Å². The minimum absolute atomic E-state index is 0.0267. The molecule has 2 N–H and O–H groups in total. The second-order valence-electron chi connectivity index (χ2n) is 8.35. The highest BCUT2D eigenvalue weighted by molar-refractivity contribution is 8.14. The number of carboxylic acid groups (broad SMARTS) is 1. The van der Waals surface area contributed by atoms with E-state index in [2.05, 4.69) is 38.9 Å². The summed E-state index contributed by atoms with van der Waals surface area (Å²) < 4.78 is 27.0. The summed E-state index contributed by atoms with van der Waals surface area (Å²) in [7, 11) is -0.775. The first-order chi connectivity index (χ1) is 11.8. The zero-order valence-corrected chi connectivity index (χ0v) is 18.1. The summed E-state index contributed by atoms with van der Waals surface area (Å²) in [5.74, 6) is 0. The van der Waals surface area contributed by atoms with Crippen LogP contribution in [-0.4, -0.2) is 77.7 Å². The van der Waals surface area contributed by atoms with Crippen molar-refractivity contribution in [2.75, 3.05) is 7.05 Å². The molecule has 0 aromatic carbocycles. The molecule has 2 heterocycles. The highest BCUT2D eigenvalue weighted by atomic mass is 32.2. The molecule has 1 amide bonds. The van der Waals surface area contributed by atoms with Gasteiger partial charge in [0.15, 0.2) is 19.7 Å². The van der Waals surface area contributed by atoms with Crippen molar-refractivity contribution in [3.63, 3.8) is 0 Å². The van der Waals surface area contributed by atoms with Gasteiger partial charge in [-0.05, 0) is 25.1 Å². The second kappa shape index (κ2) is 7.38. The standard InChI is InChI=1S/C16H29FN2O5SSi/c1-8(24-26(6,7)16(2,3)4)12-11(20)9(17)10-13(23-12)25-14(18-10)19(5)15(21)22/h8-13,20H,1-7H3,(H,21,22)/t8-,9-,10+,11-,12+,13+/m0/s1. The van der Waals surface area contributed by atoms with Crippen molar-refractivity contribution in [1.29, 1.82) is 0 Å². The topological polar surface area (TPSA) is 91.6 Å². The van der Waals surface area contributed by atoms with E-state index in [0.29, 0.717) is 0 Å². The molecule has 0 radical (unpaired) electrons. The van der Waals surface area contributed by atoms with Gasteiger partial charge in [0.25, 0.3) is 0 Å². The quantitative estimate of drug-likeness (QED) is 0.698. The highest BCUT2D eigenvalue weighted by Gasteiger charge is 2.52. The molecular formula is C16H29FN2O5SSi. The number of aliphatic hydroxyl groups excluding tert-OH is 1. The number of amides is 1. The lowest BCUT2D eigenvalue weighted by atomic mass is 9.97. The van der Waals surface area contributed by atoms with Crippen molar-refractivity contribution in [1.82, 2.24) is 4.90 Å². The number of rotatable bonds is 3. The maximum atomic E-state index is 14.8. The lowest BCUT2D eigenvalue weighted by Gasteiger charge is -2.44. The lowest BCUT2D eigenvalue weighted by molar-refractivity contribution is -0.162. The Bertz CT molecular complexity index is 585. The van der Waals surface area contributed by atoms with Crippen molar-refractivity contribution in [2.24, 2.45) is 4.99 Å². The number of aliphatic imine (C=N–C) groups is 1. The van der Waals surface area contributed by atoms with Crippen LogP contribution in [0, 0.1) is 0 Å². The Morgan fingerprint density at radius 3 is 2.54 bits per heavy atom. The van der Waals surface area contributed by atoms with E-state index in [1.807, 2.05) is 0 Å². The SMILES string of the molecule is C[C@H](O[Si](C)(C)C(C)(C)C)[C@H]1O[C@@H]2SC(N(C)C(=O)O)=N[C@@H]2[C@H](F)[C@@H]1O. The summed E-state index contributed by atoms with van der Waals surface area (Å²) in [5, 5.41) is 19.6. The number of thioether (sulfide) groups is 1. The number of aliphatic hydroxyl groups is 1. The number of hydrogen-bond acceptors (Lipinski definition) is 6.